The fourth-order valence-electron chi connectivity index (χ4n) is 4.30. The average molecular weight is 288 g/mol. The van der Waals surface area contributed by atoms with Gasteiger partial charge in [-0.25, -0.2) is 4.79 Å². The monoisotopic (exact) mass is 288 g/mol. The van der Waals surface area contributed by atoms with Gasteiger partial charge < -0.3 is 9.47 Å². The van der Waals surface area contributed by atoms with Crippen molar-refractivity contribution in [1.29, 1.82) is 0 Å². The van der Waals surface area contributed by atoms with E-state index < -0.39 is 5.60 Å². The zero-order chi connectivity index (χ0) is 15.1. The minimum absolute atomic E-state index is 0.120. The molecule has 1 aliphatic carbocycles. The number of esters is 1. The topological polar surface area (TPSA) is 38.8 Å². The molecule has 2 fully saturated rings. The Morgan fingerprint density at radius 3 is 2.62 bits per heavy atom. The van der Waals surface area contributed by atoms with Crippen LogP contribution in [0.2, 0.25) is 0 Å². The fourth-order valence-corrected chi connectivity index (χ4v) is 4.30. The van der Waals surface area contributed by atoms with Crippen molar-refractivity contribution in [2.45, 2.75) is 56.7 Å². The normalized spacial score (nSPS) is 35.0. The van der Waals surface area contributed by atoms with Crippen LogP contribution >= 0.6 is 0 Å². The van der Waals surface area contributed by atoms with Crippen LogP contribution in [0.5, 0.6) is 0 Å². The lowest BCUT2D eigenvalue weighted by Gasteiger charge is -2.33. The molecule has 3 atom stereocenters. The van der Waals surface area contributed by atoms with Gasteiger partial charge in [-0.3, -0.25) is 0 Å². The third-order valence-corrected chi connectivity index (χ3v) is 5.29. The molecule has 1 spiro atoms. The minimum Gasteiger partial charge on any atom is -0.467 e. The van der Waals surface area contributed by atoms with Crippen molar-refractivity contribution < 1.29 is 14.3 Å². The van der Waals surface area contributed by atoms with Crippen LogP contribution in [0.25, 0.3) is 0 Å². The second-order valence-corrected chi connectivity index (χ2v) is 6.58. The zero-order valence-electron chi connectivity index (χ0n) is 13.1. The summed E-state index contributed by atoms with van der Waals surface area (Å²) in [5, 5.41) is 0. The zero-order valence-corrected chi connectivity index (χ0v) is 13.1. The molecule has 1 aromatic rings. The predicted molar refractivity (Wildman–Crippen MR) is 81.1 cm³/mol. The van der Waals surface area contributed by atoms with Crippen molar-refractivity contribution in [2.75, 3.05) is 7.11 Å². The molecule has 21 heavy (non-hydrogen) atoms. The molecule has 3 nitrogen and oxygen atoms in total. The Morgan fingerprint density at radius 2 is 2.00 bits per heavy atom. The fraction of sp³-hybridized carbons (Fsp3) is 0.611. The van der Waals surface area contributed by atoms with Gasteiger partial charge in [0.05, 0.1) is 7.11 Å². The van der Waals surface area contributed by atoms with Crippen molar-refractivity contribution in [1.82, 2.24) is 0 Å². The summed E-state index contributed by atoms with van der Waals surface area (Å²) in [5.41, 5.74) is 0.153. The molecule has 1 saturated heterocycles. The second kappa shape index (κ2) is 5.13. The maximum absolute atomic E-state index is 12.4. The van der Waals surface area contributed by atoms with Gasteiger partial charge in [0.25, 0.3) is 0 Å². The Bertz CT molecular complexity index is 525. The van der Waals surface area contributed by atoms with Gasteiger partial charge in [-0.05, 0) is 24.3 Å². The Hall–Kier alpha value is -1.35. The van der Waals surface area contributed by atoms with Gasteiger partial charge in [0.15, 0.2) is 5.60 Å². The van der Waals surface area contributed by atoms with Crippen LogP contribution in [0.4, 0.5) is 0 Å². The first-order valence-electron chi connectivity index (χ1n) is 7.92. The highest BCUT2D eigenvalue weighted by Crippen LogP contribution is 2.65. The summed E-state index contributed by atoms with van der Waals surface area (Å²) in [6.07, 6.45) is 4.34. The lowest BCUT2D eigenvalue weighted by molar-refractivity contribution is -0.148. The molecule has 3 unspecified atom stereocenters. The van der Waals surface area contributed by atoms with E-state index in [0.717, 1.165) is 19.3 Å². The summed E-state index contributed by atoms with van der Waals surface area (Å²) in [7, 11) is 1.46. The van der Waals surface area contributed by atoms with Gasteiger partial charge in [-0.2, -0.15) is 0 Å². The number of epoxide rings is 1. The molecule has 2 aliphatic rings. The molecule has 1 heterocycles. The van der Waals surface area contributed by atoms with E-state index in [2.05, 4.69) is 38.1 Å². The van der Waals surface area contributed by atoms with Crippen LogP contribution in [0.1, 0.15) is 51.0 Å². The van der Waals surface area contributed by atoms with Crippen LogP contribution in [0.3, 0.4) is 0 Å². The molecule has 0 N–H and O–H groups in total. The van der Waals surface area contributed by atoms with E-state index in [1.165, 1.54) is 19.1 Å². The summed E-state index contributed by atoms with van der Waals surface area (Å²) < 4.78 is 11.3. The smallest absolute Gasteiger partial charge is 0.341 e. The van der Waals surface area contributed by atoms with E-state index in [-0.39, 0.29) is 23.4 Å². The Labute approximate surface area is 126 Å². The molecule has 1 aliphatic heterocycles. The number of methoxy groups -OCH3 is 1. The molecule has 0 bridgehead atoms. The molecule has 3 heteroatoms. The Balaban J connectivity index is 2.01. The first kappa shape index (κ1) is 14.6. The summed E-state index contributed by atoms with van der Waals surface area (Å²) in [4.78, 5) is 12.4. The summed E-state index contributed by atoms with van der Waals surface area (Å²) in [5.74, 6) is 0.198. The van der Waals surface area contributed by atoms with Crippen LogP contribution in [0, 0.1) is 5.92 Å². The third-order valence-electron chi connectivity index (χ3n) is 5.29. The quantitative estimate of drug-likeness (QED) is 0.629. The Morgan fingerprint density at radius 1 is 1.29 bits per heavy atom. The van der Waals surface area contributed by atoms with Crippen molar-refractivity contribution in [3.63, 3.8) is 0 Å². The summed E-state index contributed by atoms with van der Waals surface area (Å²) >= 11 is 0. The van der Waals surface area contributed by atoms with Crippen LogP contribution < -0.4 is 0 Å². The highest BCUT2D eigenvalue weighted by molar-refractivity contribution is 5.86. The van der Waals surface area contributed by atoms with E-state index in [1.807, 2.05) is 6.07 Å². The first-order valence-corrected chi connectivity index (χ1v) is 7.92. The molecule has 1 saturated carbocycles. The molecule has 0 radical (unpaired) electrons. The molecule has 3 rings (SSSR count). The van der Waals surface area contributed by atoms with E-state index in [9.17, 15) is 4.79 Å². The number of carbonyl (C=O) groups excluding carboxylic acids is 1. The minimum atomic E-state index is -0.761. The number of carbonyl (C=O) groups is 1. The van der Waals surface area contributed by atoms with E-state index >= 15 is 0 Å². The summed E-state index contributed by atoms with van der Waals surface area (Å²) in [6, 6.07) is 10.5. The number of rotatable bonds is 3. The molecular weight excluding hydrogens is 264 g/mol. The maximum Gasteiger partial charge on any atom is 0.341 e. The van der Waals surface area contributed by atoms with Gasteiger partial charge in [0.1, 0.15) is 5.60 Å². The van der Waals surface area contributed by atoms with Crippen LogP contribution in [-0.2, 0) is 14.3 Å². The van der Waals surface area contributed by atoms with Crippen molar-refractivity contribution in [3.8, 4) is 0 Å². The van der Waals surface area contributed by atoms with Gasteiger partial charge in [-0.15, -0.1) is 0 Å². The predicted octanol–water partition coefficient (Wildman–Crippen LogP) is 3.68. The van der Waals surface area contributed by atoms with Gasteiger partial charge in [0.2, 0.25) is 0 Å². The highest BCUT2D eigenvalue weighted by atomic mass is 16.7. The molecule has 1 aromatic carbocycles. The van der Waals surface area contributed by atoms with E-state index in [0.29, 0.717) is 0 Å². The number of ether oxygens (including phenoxy) is 2. The van der Waals surface area contributed by atoms with E-state index in [1.54, 1.807) is 0 Å². The SMILES string of the molecule is COC(=O)C1(C(C)C)OC12CCCCC2c1ccccc1. The number of hydrogen-bond donors (Lipinski definition) is 0. The average Bonchev–Trinajstić information content (AvgIpc) is 3.18. The van der Waals surface area contributed by atoms with Crippen LogP contribution in [-0.4, -0.2) is 24.3 Å². The van der Waals surface area contributed by atoms with E-state index in [4.69, 9.17) is 9.47 Å². The largest absolute Gasteiger partial charge is 0.467 e. The molecule has 114 valence electrons. The van der Waals surface area contributed by atoms with Crippen molar-refractivity contribution in [2.24, 2.45) is 5.92 Å². The van der Waals surface area contributed by atoms with Crippen molar-refractivity contribution >= 4 is 5.97 Å². The third kappa shape index (κ3) is 1.94. The highest BCUT2D eigenvalue weighted by Gasteiger charge is 2.79. The Kier molecular flexibility index (Phi) is 3.56. The first-order chi connectivity index (χ1) is 10.1. The van der Waals surface area contributed by atoms with Gasteiger partial charge in [0, 0.05) is 5.92 Å². The second-order valence-electron chi connectivity index (χ2n) is 6.58. The maximum atomic E-state index is 12.4. The lowest BCUT2D eigenvalue weighted by Crippen LogP contribution is -2.44. The van der Waals surface area contributed by atoms with Gasteiger partial charge >= 0.3 is 5.97 Å². The van der Waals surface area contributed by atoms with Crippen molar-refractivity contribution in [3.05, 3.63) is 35.9 Å². The molecule has 0 aromatic heterocycles. The lowest BCUT2D eigenvalue weighted by atomic mass is 9.67. The van der Waals surface area contributed by atoms with Gasteiger partial charge in [-0.1, -0.05) is 57.0 Å². The number of hydrogen-bond acceptors (Lipinski definition) is 3. The number of benzene rings is 1. The molecule has 0 amide bonds. The molecular formula is C18H24O3. The van der Waals surface area contributed by atoms with Crippen LogP contribution in [0.15, 0.2) is 30.3 Å². The standard InChI is InChI=1S/C18H24O3/c1-13(2)18(16(19)20-3)17(21-18)12-8-7-11-15(17)14-9-5-4-6-10-14/h4-6,9-10,13,15H,7-8,11-12H2,1-3H3. The summed E-state index contributed by atoms with van der Waals surface area (Å²) in [6.45, 7) is 4.12.